The van der Waals surface area contributed by atoms with Gasteiger partial charge in [0.1, 0.15) is 29.9 Å². The molecule has 196 valence electrons. The summed E-state index contributed by atoms with van der Waals surface area (Å²) in [6.45, 7) is 7.46. The van der Waals surface area contributed by atoms with E-state index >= 15 is 0 Å². The summed E-state index contributed by atoms with van der Waals surface area (Å²) in [5.74, 6) is 2.49. The van der Waals surface area contributed by atoms with Gasteiger partial charge in [-0.3, -0.25) is 9.69 Å². The van der Waals surface area contributed by atoms with Crippen LogP contribution in [0.4, 0.5) is 5.69 Å². The van der Waals surface area contributed by atoms with Crippen LogP contribution in [0.2, 0.25) is 0 Å². The molecule has 0 saturated carbocycles. The first-order valence-corrected chi connectivity index (χ1v) is 12.8. The average Bonchev–Trinajstić information content (AvgIpc) is 2.90. The molecule has 2 unspecified atom stereocenters. The predicted molar refractivity (Wildman–Crippen MR) is 137 cm³/mol. The summed E-state index contributed by atoms with van der Waals surface area (Å²) in [6.07, 6.45) is 0.708. The van der Waals surface area contributed by atoms with Gasteiger partial charge in [0, 0.05) is 25.7 Å². The maximum atomic E-state index is 12.8. The third-order valence-electron chi connectivity index (χ3n) is 6.38. The second kappa shape index (κ2) is 12.8. The fourth-order valence-electron chi connectivity index (χ4n) is 4.51. The summed E-state index contributed by atoms with van der Waals surface area (Å²) < 4.78 is 23.0. The van der Waals surface area contributed by atoms with Crippen LogP contribution in [0, 0.1) is 0 Å². The maximum Gasteiger partial charge on any atom is 0.238 e. The molecule has 2 aliphatic heterocycles. The quantitative estimate of drug-likeness (QED) is 0.434. The molecule has 0 radical (unpaired) electrons. The lowest BCUT2D eigenvalue weighted by Crippen LogP contribution is -2.50. The molecule has 3 N–H and O–H groups in total. The number of carbonyl (C=O) groups is 1. The van der Waals surface area contributed by atoms with E-state index in [1.165, 1.54) is 0 Å². The Hall–Kier alpha value is -3.01. The number of aliphatic hydroxyl groups is 1. The highest BCUT2D eigenvalue weighted by Crippen LogP contribution is 2.35. The molecule has 4 rings (SSSR count). The van der Waals surface area contributed by atoms with Crippen LogP contribution in [0.3, 0.4) is 0 Å². The van der Waals surface area contributed by atoms with Gasteiger partial charge in [-0.25, -0.2) is 0 Å². The van der Waals surface area contributed by atoms with Crippen LogP contribution < -0.4 is 29.6 Å². The number of anilines is 1. The van der Waals surface area contributed by atoms with E-state index in [0.717, 1.165) is 25.9 Å². The van der Waals surface area contributed by atoms with E-state index in [9.17, 15) is 9.90 Å². The molecule has 1 amide bonds. The molecular formula is C27H37N3O6. The van der Waals surface area contributed by atoms with E-state index in [4.69, 9.17) is 18.9 Å². The smallest absolute Gasteiger partial charge is 0.238 e. The molecule has 0 aliphatic carbocycles. The number of aliphatic hydroxyl groups excluding tert-OH is 1. The van der Waals surface area contributed by atoms with Crippen molar-refractivity contribution in [1.82, 2.24) is 10.2 Å². The van der Waals surface area contributed by atoms with Gasteiger partial charge in [0.05, 0.1) is 19.8 Å². The molecule has 36 heavy (non-hydrogen) atoms. The Morgan fingerprint density at radius 1 is 1.06 bits per heavy atom. The number of benzene rings is 2. The highest BCUT2D eigenvalue weighted by atomic mass is 16.6. The number of amides is 1. The molecule has 1 saturated heterocycles. The zero-order valence-corrected chi connectivity index (χ0v) is 21.1. The lowest BCUT2D eigenvalue weighted by atomic mass is 10.0. The number of nitrogens with zero attached hydrogens (tertiary/aromatic N) is 1. The van der Waals surface area contributed by atoms with Crippen LogP contribution >= 0.6 is 0 Å². The van der Waals surface area contributed by atoms with Gasteiger partial charge in [-0.15, -0.1) is 0 Å². The summed E-state index contributed by atoms with van der Waals surface area (Å²) in [4.78, 5) is 15.0. The van der Waals surface area contributed by atoms with Crippen molar-refractivity contribution in [3.05, 3.63) is 42.5 Å². The highest BCUT2D eigenvalue weighted by molar-refractivity contribution is 5.95. The summed E-state index contributed by atoms with van der Waals surface area (Å²) >= 11 is 0. The van der Waals surface area contributed by atoms with E-state index in [1.54, 1.807) is 0 Å². The largest absolute Gasteiger partial charge is 0.492 e. The predicted octanol–water partition coefficient (Wildman–Crippen LogP) is 2.68. The maximum absolute atomic E-state index is 12.8. The first-order valence-electron chi connectivity index (χ1n) is 12.8. The lowest BCUT2D eigenvalue weighted by Gasteiger charge is -2.34. The topological polar surface area (TPSA) is 102 Å². The standard InChI is InChI=1S/C27H37N3O6/c1-3-33-23-10-7-11-24(34-4-2)27(23)29-26(32)17-30-14-12-19(13-15-30)28-16-20(31)25-18-35-21-8-5-6-9-22(21)36-25/h5-11,19-20,25,28,31H,3-4,12-18H2,1-2H3,(H,29,32). The summed E-state index contributed by atoms with van der Waals surface area (Å²) in [5, 5.41) is 17.1. The minimum atomic E-state index is -0.674. The Labute approximate surface area is 212 Å². The second-order valence-electron chi connectivity index (χ2n) is 8.98. The monoisotopic (exact) mass is 499 g/mol. The molecular weight excluding hydrogens is 462 g/mol. The second-order valence-corrected chi connectivity index (χ2v) is 8.98. The van der Waals surface area contributed by atoms with Crippen molar-refractivity contribution < 1.29 is 28.8 Å². The van der Waals surface area contributed by atoms with Gasteiger partial charge in [0.25, 0.3) is 0 Å². The number of para-hydroxylation sites is 3. The third-order valence-corrected chi connectivity index (χ3v) is 6.38. The van der Waals surface area contributed by atoms with Crippen molar-refractivity contribution in [2.75, 3.05) is 51.3 Å². The molecule has 2 aromatic rings. The van der Waals surface area contributed by atoms with Crippen LogP contribution in [0.1, 0.15) is 26.7 Å². The van der Waals surface area contributed by atoms with Crippen LogP contribution in [-0.2, 0) is 4.79 Å². The Kier molecular flexibility index (Phi) is 9.27. The van der Waals surface area contributed by atoms with Gasteiger partial charge in [0.15, 0.2) is 17.6 Å². The Balaban J connectivity index is 1.20. The van der Waals surface area contributed by atoms with Gasteiger partial charge in [-0.05, 0) is 51.0 Å². The van der Waals surface area contributed by atoms with Gasteiger partial charge < -0.3 is 34.7 Å². The lowest BCUT2D eigenvalue weighted by molar-refractivity contribution is -0.117. The summed E-state index contributed by atoms with van der Waals surface area (Å²) in [7, 11) is 0. The van der Waals surface area contributed by atoms with Crippen molar-refractivity contribution >= 4 is 11.6 Å². The minimum Gasteiger partial charge on any atom is -0.492 e. The number of hydrogen-bond acceptors (Lipinski definition) is 8. The van der Waals surface area contributed by atoms with Crippen molar-refractivity contribution in [3.8, 4) is 23.0 Å². The number of fused-ring (bicyclic) bond motifs is 1. The normalized spacial score (nSPS) is 18.9. The van der Waals surface area contributed by atoms with Crippen LogP contribution in [-0.4, -0.2) is 80.2 Å². The SMILES string of the molecule is CCOc1cccc(OCC)c1NC(=O)CN1CCC(NCC(O)C2COc3ccccc3O2)CC1. The van der Waals surface area contributed by atoms with Gasteiger partial charge >= 0.3 is 0 Å². The minimum absolute atomic E-state index is 0.0975. The fourth-order valence-corrected chi connectivity index (χ4v) is 4.51. The first kappa shape index (κ1) is 26.1. The number of carbonyl (C=O) groups excluding carboxylic acids is 1. The third kappa shape index (κ3) is 6.81. The Bertz CT molecular complexity index is 971. The Morgan fingerprint density at radius 2 is 1.72 bits per heavy atom. The van der Waals surface area contributed by atoms with E-state index < -0.39 is 12.2 Å². The molecule has 2 aromatic carbocycles. The van der Waals surface area contributed by atoms with Crippen molar-refractivity contribution in [2.45, 2.75) is 44.9 Å². The summed E-state index contributed by atoms with van der Waals surface area (Å²) in [5.41, 5.74) is 0.577. The molecule has 0 bridgehead atoms. The number of rotatable bonds is 11. The number of hydrogen-bond donors (Lipinski definition) is 3. The Morgan fingerprint density at radius 3 is 2.39 bits per heavy atom. The van der Waals surface area contributed by atoms with Crippen molar-refractivity contribution in [2.24, 2.45) is 0 Å². The van der Waals surface area contributed by atoms with Crippen LogP contribution in [0.25, 0.3) is 0 Å². The number of ether oxygens (including phenoxy) is 4. The van der Waals surface area contributed by atoms with Gasteiger partial charge in [0.2, 0.25) is 5.91 Å². The van der Waals surface area contributed by atoms with E-state index in [2.05, 4.69) is 15.5 Å². The van der Waals surface area contributed by atoms with E-state index in [-0.39, 0.29) is 11.9 Å². The zero-order chi connectivity index (χ0) is 25.3. The van der Waals surface area contributed by atoms with Gasteiger partial charge in [-0.1, -0.05) is 18.2 Å². The molecule has 0 aromatic heterocycles. The van der Waals surface area contributed by atoms with Gasteiger partial charge in [-0.2, -0.15) is 0 Å². The first-order chi connectivity index (χ1) is 17.6. The van der Waals surface area contributed by atoms with Crippen LogP contribution in [0.15, 0.2) is 42.5 Å². The molecule has 2 aliphatic rings. The number of piperidine rings is 1. The zero-order valence-electron chi connectivity index (χ0n) is 21.1. The molecule has 9 nitrogen and oxygen atoms in total. The fraction of sp³-hybridized carbons (Fsp3) is 0.519. The van der Waals surface area contributed by atoms with Crippen molar-refractivity contribution in [3.63, 3.8) is 0 Å². The molecule has 2 atom stereocenters. The number of likely N-dealkylation sites (tertiary alicyclic amines) is 1. The molecule has 9 heteroatoms. The summed E-state index contributed by atoms with van der Waals surface area (Å²) in [6, 6.07) is 13.3. The van der Waals surface area contributed by atoms with Crippen LogP contribution in [0.5, 0.6) is 23.0 Å². The number of nitrogens with one attached hydrogen (secondary N) is 2. The molecule has 1 fully saturated rings. The average molecular weight is 500 g/mol. The van der Waals surface area contributed by atoms with E-state index in [0.29, 0.717) is 61.6 Å². The molecule has 0 spiro atoms. The van der Waals surface area contributed by atoms with E-state index in [1.807, 2.05) is 56.3 Å². The molecule has 2 heterocycles. The van der Waals surface area contributed by atoms with Crippen molar-refractivity contribution in [1.29, 1.82) is 0 Å². The highest BCUT2D eigenvalue weighted by Gasteiger charge is 2.29.